The Balaban J connectivity index is 1.30. The summed E-state index contributed by atoms with van der Waals surface area (Å²) in [6.45, 7) is 12.3. The molecule has 0 N–H and O–H groups in total. The summed E-state index contributed by atoms with van der Waals surface area (Å²) in [6.07, 6.45) is 6.59. The number of piperidine rings is 1. The van der Waals surface area contributed by atoms with Crippen molar-refractivity contribution >= 4 is 0 Å². The average Bonchev–Trinajstić information content (AvgIpc) is 3.03. The van der Waals surface area contributed by atoms with Gasteiger partial charge in [0.2, 0.25) is 0 Å². The molecule has 0 radical (unpaired) electrons. The number of rotatable bonds is 11. The molecule has 0 bridgehead atoms. The van der Waals surface area contributed by atoms with Crippen molar-refractivity contribution < 1.29 is 14.2 Å². The molecule has 1 atom stereocenters. The lowest BCUT2D eigenvalue weighted by Gasteiger charge is -2.29. The lowest BCUT2D eigenvalue weighted by Crippen LogP contribution is -2.34. The van der Waals surface area contributed by atoms with Gasteiger partial charge in [0.05, 0.1) is 12.2 Å². The largest absolute Gasteiger partial charge is 0.493 e. The van der Waals surface area contributed by atoms with E-state index in [9.17, 15) is 5.26 Å². The molecule has 6 nitrogen and oxygen atoms in total. The first-order valence-electron chi connectivity index (χ1n) is 15.6. The van der Waals surface area contributed by atoms with Crippen LogP contribution in [0.5, 0.6) is 17.2 Å². The molecule has 0 amide bonds. The number of benzene rings is 3. The first-order chi connectivity index (χ1) is 21.4. The summed E-state index contributed by atoms with van der Waals surface area (Å²) >= 11 is 0. The average molecular weight is 590 g/mol. The normalized spacial score (nSPS) is 15.0. The van der Waals surface area contributed by atoms with Crippen molar-refractivity contribution in [2.24, 2.45) is 5.92 Å². The highest BCUT2D eigenvalue weighted by Gasteiger charge is 2.19. The molecular formula is C38H43N3O3. The fourth-order valence-corrected chi connectivity index (χ4v) is 6.05. The zero-order chi connectivity index (χ0) is 31.1. The van der Waals surface area contributed by atoms with Crippen LogP contribution in [-0.4, -0.2) is 36.6 Å². The van der Waals surface area contributed by atoms with E-state index >= 15 is 0 Å². The number of aromatic nitrogens is 1. The van der Waals surface area contributed by atoms with Crippen LogP contribution in [0.2, 0.25) is 0 Å². The third-order valence-corrected chi connectivity index (χ3v) is 8.66. The van der Waals surface area contributed by atoms with Crippen LogP contribution >= 0.6 is 0 Å². The Labute approximate surface area is 262 Å². The first-order valence-corrected chi connectivity index (χ1v) is 15.6. The van der Waals surface area contributed by atoms with E-state index in [2.05, 4.69) is 93.2 Å². The summed E-state index contributed by atoms with van der Waals surface area (Å²) in [5.74, 6) is 3.12. The van der Waals surface area contributed by atoms with Crippen molar-refractivity contribution in [1.29, 1.82) is 5.26 Å². The highest BCUT2D eigenvalue weighted by Crippen LogP contribution is 2.35. The summed E-state index contributed by atoms with van der Waals surface area (Å²) in [7, 11) is 2.20. The Hall–Kier alpha value is -4.34. The topological polar surface area (TPSA) is 67.6 Å². The van der Waals surface area contributed by atoms with E-state index in [4.69, 9.17) is 14.2 Å². The fourth-order valence-electron chi connectivity index (χ4n) is 6.05. The maximum Gasteiger partial charge on any atom is 0.126 e. The Morgan fingerprint density at radius 3 is 2.41 bits per heavy atom. The third-order valence-electron chi connectivity index (χ3n) is 8.66. The zero-order valence-corrected chi connectivity index (χ0v) is 26.7. The monoisotopic (exact) mass is 589 g/mol. The van der Waals surface area contributed by atoms with E-state index in [0.29, 0.717) is 24.7 Å². The van der Waals surface area contributed by atoms with Crippen molar-refractivity contribution in [3.63, 3.8) is 0 Å². The van der Waals surface area contributed by atoms with Crippen molar-refractivity contribution in [2.45, 2.75) is 60.2 Å². The van der Waals surface area contributed by atoms with Gasteiger partial charge in [-0.1, -0.05) is 37.3 Å². The van der Waals surface area contributed by atoms with Crippen LogP contribution < -0.4 is 14.2 Å². The second-order valence-electron chi connectivity index (χ2n) is 11.9. The maximum absolute atomic E-state index is 9.20. The van der Waals surface area contributed by atoms with Gasteiger partial charge in [-0.25, -0.2) is 0 Å². The predicted octanol–water partition coefficient (Wildman–Crippen LogP) is 7.99. The van der Waals surface area contributed by atoms with Gasteiger partial charge in [-0.05, 0) is 111 Å². The lowest BCUT2D eigenvalue weighted by molar-refractivity contribution is 0.150. The van der Waals surface area contributed by atoms with E-state index in [0.717, 1.165) is 59.1 Å². The zero-order valence-electron chi connectivity index (χ0n) is 26.7. The van der Waals surface area contributed by atoms with E-state index in [1.54, 1.807) is 18.5 Å². The molecule has 228 valence electrons. The Morgan fingerprint density at radius 1 is 0.864 bits per heavy atom. The molecule has 5 rings (SSSR count). The Morgan fingerprint density at radius 2 is 1.64 bits per heavy atom. The van der Waals surface area contributed by atoms with Gasteiger partial charge in [0, 0.05) is 36.5 Å². The van der Waals surface area contributed by atoms with Gasteiger partial charge >= 0.3 is 0 Å². The summed E-state index contributed by atoms with van der Waals surface area (Å²) in [6, 6.07) is 20.9. The molecule has 1 saturated heterocycles. The number of nitriles is 1. The summed E-state index contributed by atoms with van der Waals surface area (Å²) in [5, 5.41) is 9.20. The molecule has 4 aromatic rings. The minimum Gasteiger partial charge on any atom is -0.493 e. The quantitative estimate of drug-likeness (QED) is 0.177. The van der Waals surface area contributed by atoms with Crippen LogP contribution in [0, 0.1) is 38.0 Å². The van der Waals surface area contributed by atoms with Crippen LogP contribution in [0.25, 0.3) is 11.1 Å². The number of pyridine rings is 1. The first kappa shape index (κ1) is 31.1. The van der Waals surface area contributed by atoms with Crippen LogP contribution in [0.15, 0.2) is 67.0 Å². The minimum absolute atomic E-state index is 0.332. The van der Waals surface area contributed by atoms with Crippen molar-refractivity contribution in [3.8, 4) is 34.4 Å². The molecule has 1 aliphatic heterocycles. The van der Waals surface area contributed by atoms with Crippen LogP contribution in [0.4, 0.5) is 0 Å². The molecule has 3 aromatic carbocycles. The molecule has 1 aromatic heterocycles. The highest BCUT2D eigenvalue weighted by molar-refractivity contribution is 5.73. The molecule has 0 saturated carbocycles. The van der Waals surface area contributed by atoms with Crippen LogP contribution in [-0.2, 0) is 19.6 Å². The molecule has 2 heterocycles. The van der Waals surface area contributed by atoms with E-state index in [-0.39, 0.29) is 0 Å². The van der Waals surface area contributed by atoms with Crippen molar-refractivity contribution in [1.82, 2.24) is 9.88 Å². The van der Waals surface area contributed by atoms with Crippen molar-refractivity contribution in [2.75, 3.05) is 26.7 Å². The predicted molar refractivity (Wildman–Crippen MR) is 175 cm³/mol. The van der Waals surface area contributed by atoms with E-state index in [1.807, 2.05) is 6.07 Å². The maximum atomic E-state index is 9.20. The second kappa shape index (κ2) is 14.4. The molecule has 6 heteroatoms. The van der Waals surface area contributed by atoms with Crippen LogP contribution in [0.1, 0.15) is 58.7 Å². The second-order valence-corrected chi connectivity index (χ2v) is 11.9. The van der Waals surface area contributed by atoms with Gasteiger partial charge in [-0.3, -0.25) is 4.98 Å². The lowest BCUT2D eigenvalue weighted by atomic mass is 9.93. The minimum atomic E-state index is 0.332. The van der Waals surface area contributed by atoms with E-state index < -0.39 is 0 Å². The Kier molecular flexibility index (Phi) is 10.2. The fraction of sp³-hybridized carbons (Fsp3) is 0.368. The number of aryl methyl sites for hydroxylation is 2. The molecule has 1 fully saturated rings. The van der Waals surface area contributed by atoms with Gasteiger partial charge < -0.3 is 19.1 Å². The SMILES string of the molecule is CCc1cc(C)c(OCc2cccc(-c3cccc(OCC4CCCN(C)C4)c3C)c2C)cc1OCc1cncc(C#N)c1. The summed E-state index contributed by atoms with van der Waals surface area (Å²) in [4.78, 5) is 6.55. The summed E-state index contributed by atoms with van der Waals surface area (Å²) < 4.78 is 19.0. The number of ether oxygens (including phenoxy) is 3. The van der Waals surface area contributed by atoms with Gasteiger partial charge in [-0.2, -0.15) is 5.26 Å². The standard InChI is InChI=1S/C38H43N3O3/c1-6-32-16-26(2)37(18-38(32)43-24-31-17-30(19-39)20-40-21-31)44-25-33-11-7-12-34(27(33)3)35-13-8-14-36(28(35)4)42-23-29-10-9-15-41(5)22-29/h7-8,11-14,16-18,20-21,29H,6,9-10,15,22-25H2,1-5H3. The molecule has 44 heavy (non-hydrogen) atoms. The number of hydrogen-bond acceptors (Lipinski definition) is 6. The van der Waals surface area contributed by atoms with Gasteiger partial charge in [0.15, 0.2) is 0 Å². The molecule has 1 aliphatic rings. The molecular weight excluding hydrogens is 546 g/mol. The number of hydrogen-bond donors (Lipinski definition) is 0. The smallest absolute Gasteiger partial charge is 0.126 e. The highest BCUT2D eigenvalue weighted by atomic mass is 16.5. The van der Waals surface area contributed by atoms with Gasteiger partial charge in [0.25, 0.3) is 0 Å². The van der Waals surface area contributed by atoms with Gasteiger partial charge in [0.1, 0.15) is 36.5 Å². The van der Waals surface area contributed by atoms with Crippen LogP contribution in [0.3, 0.4) is 0 Å². The van der Waals surface area contributed by atoms with Gasteiger partial charge in [-0.15, -0.1) is 0 Å². The molecule has 0 aliphatic carbocycles. The third kappa shape index (κ3) is 7.41. The number of nitrogens with zero attached hydrogens (tertiary/aromatic N) is 3. The molecule has 1 unspecified atom stereocenters. The summed E-state index contributed by atoms with van der Waals surface area (Å²) in [5.41, 5.74) is 9.46. The number of likely N-dealkylation sites (tertiary alicyclic amines) is 1. The van der Waals surface area contributed by atoms with Crippen molar-refractivity contribution in [3.05, 3.63) is 106 Å². The Bertz CT molecular complexity index is 1640. The van der Waals surface area contributed by atoms with E-state index in [1.165, 1.54) is 41.6 Å². The molecule has 0 spiro atoms.